The van der Waals surface area contributed by atoms with Crippen molar-refractivity contribution >= 4 is 23.0 Å². The fourth-order valence-electron chi connectivity index (χ4n) is 4.62. The molecular formula is C30H39NO5. The molecule has 0 fully saturated rings. The smallest absolute Gasteiger partial charge is 0.419 e. The van der Waals surface area contributed by atoms with Gasteiger partial charge in [-0.2, -0.15) is 0 Å². The summed E-state index contributed by atoms with van der Waals surface area (Å²) in [4.78, 5) is 26.4. The van der Waals surface area contributed by atoms with Crippen LogP contribution in [0, 0.1) is 13.8 Å². The van der Waals surface area contributed by atoms with Gasteiger partial charge in [0.2, 0.25) is 0 Å². The molecule has 0 saturated carbocycles. The molecule has 0 aliphatic rings. The largest absolute Gasteiger partial charge is 0.465 e. The monoisotopic (exact) mass is 493 g/mol. The number of aliphatic hydroxyl groups is 1. The van der Waals surface area contributed by atoms with Gasteiger partial charge in [-0.1, -0.05) is 30.2 Å². The Morgan fingerprint density at radius 3 is 2.14 bits per heavy atom. The lowest BCUT2D eigenvalue weighted by Gasteiger charge is -2.23. The standard InChI is InChI=1S/C30H39NO5/c1-10-35-27(33)30(8,9)22-11-12-24-23(16-22)25(20(4)17-32)26(21-14-18(2)13-19(3)15-21)31(24)28(34)36-29(5,6)7/h11-16,20,32H,10,17H2,1-9H3. The van der Waals surface area contributed by atoms with Gasteiger partial charge in [0.05, 0.1) is 23.2 Å². The first-order valence-electron chi connectivity index (χ1n) is 12.5. The van der Waals surface area contributed by atoms with Crippen molar-refractivity contribution in [1.82, 2.24) is 4.57 Å². The maximum atomic E-state index is 13.6. The van der Waals surface area contributed by atoms with Crippen LogP contribution in [0.2, 0.25) is 0 Å². The number of esters is 1. The second-order valence-corrected chi connectivity index (χ2v) is 11.1. The number of aryl methyl sites for hydroxylation is 2. The summed E-state index contributed by atoms with van der Waals surface area (Å²) in [5.74, 6) is -0.588. The molecule has 0 saturated heterocycles. The Morgan fingerprint density at radius 2 is 1.61 bits per heavy atom. The van der Waals surface area contributed by atoms with Crippen molar-refractivity contribution in [2.45, 2.75) is 79.2 Å². The van der Waals surface area contributed by atoms with Gasteiger partial charge in [0.25, 0.3) is 0 Å². The van der Waals surface area contributed by atoms with Gasteiger partial charge in [0.1, 0.15) is 5.60 Å². The van der Waals surface area contributed by atoms with Gasteiger partial charge in [0, 0.05) is 17.9 Å². The van der Waals surface area contributed by atoms with E-state index >= 15 is 0 Å². The van der Waals surface area contributed by atoms with Crippen molar-refractivity contribution in [2.75, 3.05) is 13.2 Å². The molecule has 6 nitrogen and oxygen atoms in total. The van der Waals surface area contributed by atoms with Crippen molar-refractivity contribution in [1.29, 1.82) is 0 Å². The Balaban J connectivity index is 2.45. The lowest BCUT2D eigenvalue weighted by atomic mass is 9.83. The maximum Gasteiger partial charge on any atom is 0.419 e. The van der Waals surface area contributed by atoms with Crippen LogP contribution in [0.3, 0.4) is 0 Å². The van der Waals surface area contributed by atoms with E-state index in [1.54, 1.807) is 11.5 Å². The number of fused-ring (bicyclic) bond motifs is 1. The summed E-state index contributed by atoms with van der Waals surface area (Å²) < 4.78 is 12.8. The zero-order valence-electron chi connectivity index (χ0n) is 23.0. The number of benzene rings is 2. The quantitative estimate of drug-likeness (QED) is 0.389. The molecule has 0 spiro atoms. The molecule has 1 heterocycles. The third-order valence-electron chi connectivity index (χ3n) is 6.35. The van der Waals surface area contributed by atoms with Crippen molar-refractivity contribution in [3.05, 3.63) is 58.7 Å². The molecule has 0 radical (unpaired) electrons. The molecule has 1 unspecified atom stereocenters. The van der Waals surface area contributed by atoms with Crippen LogP contribution in [0.25, 0.3) is 22.2 Å². The van der Waals surface area contributed by atoms with E-state index in [4.69, 9.17) is 9.47 Å². The van der Waals surface area contributed by atoms with Gasteiger partial charge in [-0.25, -0.2) is 9.36 Å². The molecule has 0 aliphatic carbocycles. The average Bonchev–Trinajstić information content (AvgIpc) is 3.11. The van der Waals surface area contributed by atoms with Crippen molar-refractivity contribution < 1.29 is 24.2 Å². The number of aliphatic hydroxyl groups excluding tert-OH is 1. The van der Waals surface area contributed by atoms with Crippen LogP contribution in [0.1, 0.15) is 76.6 Å². The SMILES string of the molecule is CCOC(=O)C(C)(C)c1ccc2c(c1)c(C(C)CO)c(-c1cc(C)cc(C)c1)n2C(=O)OC(C)(C)C. The normalized spacial score (nSPS) is 13.1. The van der Waals surface area contributed by atoms with E-state index in [0.717, 1.165) is 33.2 Å². The van der Waals surface area contributed by atoms with Crippen molar-refractivity contribution in [3.63, 3.8) is 0 Å². The number of hydrogen-bond acceptors (Lipinski definition) is 5. The number of carbonyl (C=O) groups is 2. The minimum absolute atomic E-state index is 0.100. The Morgan fingerprint density at radius 1 is 1.00 bits per heavy atom. The summed E-state index contributed by atoms with van der Waals surface area (Å²) in [6, 6.07) is 11.8. The van der Waals surface area contributed by atoms with Crippen molar-refractivity contribution in [2.24, 2.45) is 0 Å². The van der Waals surface area contributed by atoms with E-state index in [-0.39, 0.29) is 18.5 Å². The first-order chi connectivity index (χ1) is 16.7. The van der Waals surface area contributed by atoms with Gasteiger partial charge in [-0.15, -0.1) is 0 Å². The summed E-state index contributed by atoms with van der Waals surface area (Å²) in [5.41, 5.74) is 4.39. The van der Waals surface area contributed by atoms with Crippen LogP contribution in [0.15, 0.2) is 36.4 Å². The summed E-state index contributed by atoms with van der Waals surface area (Å²) in [5, 5.41) is 11.0. The molecule has 0 amide bonds. The number of hydrogen-bond donors (Lipinski definition) is 1. The van der Waals surface area contributed by atoms with E-state index in [1.807, 2.05) is 85.7 Å². The van der Waals surface area contributed by atoms with E-state index in [2.05, 4.69) is 6.07 Å². The van der Waals surface area contributed by atoms with Crippen LogP contribution in [0.4, 0.5) is 4.79 Å². The Kier molecular flexibility index (Phi) is 7.70. The van der Waals surface area contributed by atoms with Gasteiger partial charge < -0.3 is 14.6 Å². The van der Waals surface area contributed by atoms with Gasteiger partial charge in [0.15, 0.2) is 0 Å². The number of aromatic nitrogens is 1. The van der Waals surface area contributed by atoms with Gasteiger partial charge in [-0.05, 0) is 96.3 Å². The number of ether oxygens (including phenoxy) is 2. The Bertz CT molecular complexity index is 1270. The summed E-state index contributed by atoms with van der Waals surface area (Å²) in [6.07, 6.45) is -0.490. The summed E-state index contributed by atoms with van der Waals surface area (Å²) in [6.45, 7) is 17.1. The highest BCUT2D eigenvalue weighted by atomic mass is 16.6. The first kappa shape index (κ1) is 27.5. The zero-order chi connectivity index (χ0) is 27.0. The van der Waals surface area contributed by atoms with Crippen LogP contribution in [-0.4, -0.2) is 40.6 Å². The number of rotatable bonds is 6. The first-order valence-corrected chi connectivity index (χ1v) is 12.5. The molecule has 3 aromatic rings. The van der Waals surface area contributed by atoms with E-state index in [1.165, 1.54) is 0 Å². The lowest BCUT2D eigenvalue weighted by molar-refractivity contribution is -0.148. The predicted octanol–water partition coefficient (Wildman–Crippen LogP) is 6.64. The van der Waals surface area contributed by atoms with Crippen LogP contribution in [0.5, 0.6) is 0 Å². The number of carbonyl (C=O) groups excluding carboxylic acids is 2. The van der Waals surface area contributed by atoms with Gasteiger partial charge in [-0.3, -0.25) is 4.79 Å². The topological polar surface area (TPSA) is 77.8 Å². The predicted molar refractivity (Wildman–Crippen MR) is 144 cm³/mol. The molecule has 194 valence electrons. The minimum atomic E-state index is -0.891. The van der Waals surface area contributed by atoms with Gasteiger partial charge >= 0.3 is 12.1 Å². The molecule has 1 atom stereocenters. The second-order valence-electron chi connectivity index (χ2n) is 11.1. The third-order valence-corrected chi connectivity index (χ3v) is 6.35. The zero-order valence-corrected chi connectivity index (χ0v) is 23.0. The fraction of sp³-hybridized carbons (Fsp3) is 0.467. The van der Waals surface area contributed by atoms with Crippen LogP contribution in [-0.2, 0) is 19.7 Å². The second kappa shape index (κ2) is 10.1. The minimum Gasteiger partial charge on any atom is -0.465 e. The number of nitrogens with zero attached hydrogens (tertiary/aromatic N) is 1. The Hall–Kier alpha value is -3.12. The average molecular weight is 494 g/mol. The lowest BCUT2D eigenvalue weighted by Crippen LogP contribution is -2.31. The van der Waals surface area contributed by atoms with Crippen LogP contribution >= 0.6 is 0 Å². The molecule has 6 heteroatoms. The highest BCUT2D eigenvalue weighted by Crippen LogP contribution is 2.41. The molecule has 36 heavy (non-hydrogen) atoms. The molecule has 0 bridgehead atoms. The Labute approximate surface area is 214 Å². The molecule has 1 N–H and O–H groups in total. The molecule has 1 aromatic heterocycles. The van der Waals surface area contributed by atoms with E-state index < -0.39 is 17.1 Å². The van der Waals surface area contributed by atoms with Crippen molar-refractivity contribution in [3.8, 4) is 11.3 Å². The molecule has 0 aliphatic heterocycles. The third kappa shape index (κ3) is 5.34. The highest BCUT2D eigenvalue weighted by molar-refractivity contribution is 6.01. The fourth-order valence-corrected chi connectivity index (χ4v) is 4.62. The maximum absolute atomic E-state index is 13.6. The molecular weight excluding hydrogens is 454 g/mol. The summed E-state index contributed by atoms with van der Waals surface area (Å²) in [7, 11) is 0. The summed E-state index contributed by atoms with van der Waals surface area (Å²) >= 11 is 0. The van der Waals surface area contributed by atoms with E-state index in [0.29, 0.717) is 17.8 Å². The van der Waals surface area contributed by atoms with E-state index in [9.17, 15) is 14.7 Å². The molecule has 2 aromatic carbocycles. The highest BCUT2D eigenvalue weighted by Gasteiger charge is 2.34. The van der Waals surface area contributed by atoms with Crippen LogP contribution < -0.4 is 0 Å². The molecule has 3 rings (SSSR count).